The van der Waals surface area contributed by atoms with Crippen molar-refractivity contribution in [3.8, 4) is 0 Å². The van der Waals surface area contributed by atoms with E-state index in [1.54, 1.807) is 19.1 Å². The van der Waals surface area contributed by atoms with Crippen molar-refractivity contribution in [2.75, 3.05) is 11.9 Å². The lowest BCUT2D eigenvalue weighted by atomic mass is 10.2. The van der Waals surface area contributed by atoms with Gasteiger partial charge in [-0.25, -0.2) is 9.78 Å². The van der Waals surface area contributed by atoms with Crippen LogP contribution < -0.4 is 5.32 Å². The summed E-state index contributed by atoms with van der Waals surface area (Å²) in [6, 6.07) is 4.84. The van der Waals surface area contributed by atoms with Crippen LogP contribution in [0.25, 0.3) is 11.1 Å². The van der Waals surface area contributed by atoms with Crippen LogP contribution in [0.15, 0.2) is 22.6 Å². The first-order valence-corrected chi connectivity index (χ1v) is 8.41. The zero-order valence-electron chi connectivity index (χ0n) is 15.0. The van der Waals surface area contributed by atoms with E-state index in [4.69, 9.17) is 9.15 Å². The van der Waals surface area contributed by atoms with Gasteiger partial charge in [-0.05, 0) is 45.7 Å². The second-order valence-electron chi connectivity index (χ2n) is 7.21. The lowest BCUT2D eigenvalue weighted by Crippen LogP contribution is -2.45. The predicted molar refractivity (Wildman–Crippen MR) is 93.3 cm³/mol. The van der Waals surface area contributed by atoms with Crippen LogP contribution in [0.3, 0.4) is 0 Å². The van der Waals surface area contributed by atoms with Gasteiger partial charge in [-0.2, -0.15) is 0 Å². The van der Waals surface area contributed by atoms with Gasteiger partial charge in [0.1, 0.15) is 17.2 Å². The van der Waals surface area contributed by atoms with Gasteiger partial charge in [-0.15, -0.1) is 0 Å². The van der Waals surface area contributed by atoms with Gasteiger partial charge in [0.05, 0.1) is 5.69 Å². The number of aryl methyl sites for hydroxylation is 1. The van der Waals surface area contributed by atoms with E-state index < -0.39 is 17.7 Å². The molecule has 2 heterocycles. The van der Waals surface area contributed by atoms with Crippen molar-refractivity contribution in [2.24, 2.45) is 0 Å². The molecule has 0 bridgehead atoms. The summed E-state index contributed by atoms with van der Waals surface area (Å²) in [4.78, 5) is 30.8. The van der Waals surface area contributed by atoms with Crippen LogP contribution in [0, 0.1) is 6.92 Å². The summed E-state index contributed by atoms with van der Waals surface area (Å²) in [5.41, 5.74) is 1.18. The number of benzene rings is 1. The Morgan fingerprint density at radius 1 is 1.36 bits per heavy atom. The van der Waals surface area contributed by atoms with Crippen LogP contribution in [-0.4, -0.2) is 40.1 Å². The number of para-hydroxylation sites is 1. The molecule has 1 aromatic carbocycles. The minimum atomic E-state index is -0.594. The van der Waals surface area contributed by atoms with Gasteiger partial charge in [0.2, 0.25) is 5.91 Å². The molecule has 1 aliphatic rings. The molecule has 3 rings (SSSR count). The van der Waals surface area contributed by atoms with Gasteiger partial charge in [-0.3, -0.25) is 9.69 Å². The number of fused-ring (bicyclic) bond motifs is 1. The highest BCUT2D eigenvalue weighted by Crippen LogP contribution is 2.26. The fourth-order valence-electron chi connectivity index (χ4n) is 2.95. The molecule has 0 radical (unpaired) electrons. The number of ether oxygens (including phenoxy) is 1. The van der Waals surface area contributed by atoms with Crippen LogP contribution in [0.4, 0.5) is 10.5 Å². The first-order chi connectivity index (χ1) is 11.7. The molecule has 2 amide bonds. The maximum Gasteiger partial charge on any atom is 0.410 e. The summed E-state index contributed by atoms with van der Waals surface area (Å²) in [5, 5.41) is 2.87. The van der Waals surface area contributed by atoms with Crippen LogP contribution in [0.2, 0.25) is 0 Å². The molecule has 1 aromatic heterocycles. The zero-order valence-corrected chi connectivity index (χ0v) is 15.0. The number of nitrogens with zero attached hydrogens (tertiary/aromatic N) is 2. The Labute approximate surface area is 146 Å². The molecular formula is C18H23N3O4. The molecule has 134 valence electrons. The van der Waals surface area contributed by atoms with Crippen LogP contribution in [0.5, 0.6) is 0 Å². The molecule has 1 atom stereocenters. The van der Waals surface area contributed by atoms with Gasteiger partial charge < -0.3 is 14.5 Å². The van der Waals surface area contributed by atoms with E-state index >= 15 is 0 Å². The Morgan fingerprint density at radius 3 is 2.84 bits per heavy atom. The number of hydrogen-bond acceptors (Lipinski definition) is 5. The molecule has 1 unspecified atom stereocenters. The zero-order chi connectivity index (χ0) is 18.2. The van der Waals surface area contributed by atoms with Crippen molar-refractivity contribution in [1.82, 2.24) is 9.88 Å². The molecule has 1 saturated heterocycles. The van der Waals surface area contributed by atoms with Gasteiger partial charge in [0.15, 0.2) is 11.5 Å². The molecule has 7 nitrogen and oxygen atoms in total. The number of oxazole rings is 1. The standard InChI is InChI=1S/C18H23N3O4/c1-11-19-12-7-5-8-13(15(12)24-11)20-16(22)14-9-6-10-21(14)17(23)25-18(2,3)4/h5,7-8,14H,6,9-10H2,1-4H3,(H,20,22). The summed E-state index contributed by atoms with van der Waals surface area (Å²) in [7, 11) is 0. The molecule has 1 aliphatic heterocycles. The average molecular weight is 345 g/mol. The highest BCUT2D eigenvalue weighted by molar-refractivity contribution is 6.02. The van der Waals surface area contributed by atoms with E-state index in [0.717, 1.165) is 6.42 Å². The number of carbonyl (C=O) groups is 2. The lowest BCUT2D eigenvalue weighted by molar-refractivity contribution is -0.120. The highest BCUT2D eigenvalue weighted by Gasteiger charge is 2.36. The van der Waals surface area contributed by atoms with Crippen LogP contribution in [-0.2, 0) is 9.53 Å². The van der Waals surface area contributed by atoms with E-state index in [1.807, 2.05) is 26.8 Å². The molecule has 1 N–H and O–H groups in total. The van der Waals surface area contributed by atoms with Crippen molar-refractivity contribution >= 4 is 28.8 Å². The molecule has 2 aromatic rings. The third kappa shape index (κ3) is 3.75. The van der Waals surface area contributed by atoms with Gasteiger partial charge in [0.25, 0.3) is 0 Å². The van der Waals surface area contributed by atoms with Crippen LogP contribution in [0.1, 0.15) is 39.5 Å². The van der Waals surface area contributed by atoms with Crippen molar-refractivity contribution in [3.05, 3.63) is 24.1 Å². The summed E-state index contributed by atoms with van der Waals surface area (Å²) < 4.78 is 11.0. The number of amides is 2. The number of carbonyl (C=O) groups excluding carboxylic acids is 2. The number of likely N-dealkylation sites (tertiary alicyclic amines) is 1. The van der Waals surface area contributed by atoms with E-state index in [9.17, 15) is 9.59 Å². The second-order valence-corrected chi connectivity index (χ2v) is 7.21. The third-order valence-corrected chi connectivity index (χ3v) is 3.96. The molecule has 7 heteroatoms. The largest absolute Gasteiger partial charge is 0.444 e. The monoisotopic (exact) mass is 345 g/mol. The maximum absolute atomic E-state index is 12.7. The number of rotatable bonds is 2. The quantitative estimate of drug-likeness (QED) is 0.901. The summed E-state index contributed by atoms with van der Waals surface area (Å²) in [6.07, 6.45) is 0.915. The fraction of sp³-hybridized carbons (Fsp3) is 0.500. The van der Waals surface area contributed by atoms with Crippen molar-refractivity contribution in [3.63, 3.8) is 0 Å². The second kappa shape index (κ2) is 6.38. The number of nitrogens with one attached hydrogen (secondary N) is 1. The minimum absolute atomic E-state index is 0.245. The van der Waals surface area contributed by atoms with Crippen molar-refractivity contribution < 1.29 is 18.7 Å². The number of anilines is 1. The predicted octanol–water partition coefficient (Wildman–Crippen LogP) is 3.47. The van der Waals surface area contributed by atoms with E-state index in [2.05, 4.69) is 10.3 Å². The van der Waals surface area contributed by atoms with Gasteiger partial charge in [-0.1, -0.05) is 6.07 Å². The van der Waals surface area contributed by atoms with Crippen molar-refractivity contribution in [1.29, 1.82) is 0 Å². The normalized spacial score (nSPS) is 17.8. The fourth-order valence-corrected chi connectivity index (χ4v) is 2.95. The summed E-state index contributed by atoms with van der Waals surface area (Å²) in [5.74, 6) is 0.290. The van der Waals surface area contributed by atoms with Crippen LogP contribution >= 0.6 is 0 Å². The SMILES string of the molecule is Cc1nc2cccc(NC(=O)C3CCCN3C(=O)OC(C)(C)C)c2o1. The first kappa shape index (κ1) is 17.3. The summed E-state index contributed by atoms with van der Waals surface area (Å²) >= 11 is 0. The smallest absolute Gasteiger partial charge is 0.410 e. The molecule has 1 fully saturated rings. The van der Waals surface area contributed by atoms with E-state index in [1.165, 1.54) is 4.90 Å². The Balaban J connectivity index is 1.76. The third-order valence-electron chi connectivity index (χ3n) is 3.96. The first-order valence-electron chi connectivity index (χ1n) is 8.41. The highest BCUT2D eigenvalue weighted by atomic mass is 16.6. The Bertz CT molecular complexity index is 806. The number of hydrogen-bond donors (Lipinski definition) is 1. The molecule has 0 aliphatic carbocycles. The Morgan fingerprint density at radius 2 is 2.12 bits per heavy atom. The van der Waals surface area contributed by atoms with E-state index in [-0.39, 0.29) is 5.91 Å². The van der Waals surface area contributed by atoms with Gasteiger partial charge in [0, 0.05) is 13.5 Å². The average Bonchev–Trinajstić information content (AvgIpc) is 3.11. The molecule has 0 saturated carbocycles. The number of aromatic nitrogens is 1. The lowest BCUT2D eigenvalue weighted by Gasteiger charge is -2.28. The minimum Gasteiger partial charge on any atom is -0.444 e. The van der Waals surface area contributed by atoms with E-state index in [0.29, 0.717) is 35.6 Å². The Hall–Kier alpha value is -2.57. The Kier molecular flexibility index (Phi) is 4.41. The maximum atomic E-state index is 12.7. The molecular weight excluding hydrogens is 322 g/mol. The molecule has 0 spiro atoms. The molecule has 25 heavy (non-hydrogen) atoms. The van der Waals surface area contributed by atoms with Gasteiger partial charge >= 0.3 is 6.09 Å². The topological polar surface area (TPSA) is 84.7 Å². The van der Waals surface area contributed by atoms with Crippen molar-refractivity contribution in [2.45, 2.75) is 52.2 Å². The summed E-state index contributed by atoms with van der Waals surface area (Å²) in [6.45, 7) is 7.69.